The Hall–Kier alpha value is -0.830. The molecule has 1 aliphatic carbocycles. The number of imidazole rings is 1. The molecule has 0 bridgehead atoms. The summed E-state index contributed by atoms with van der Waals surface area (Å²) in [4.78, 5) is 4.20. The lowest BCUT2D eigenvalue weighted by atomic mass is 9.74. The van der Waals surface area contributed by atoms with Gasteiger partial charge >= 0.3 is 0 Å². The van der Waals surface area contributed by atoms with Crippen LogP contribution in [-0.2, 0) is 0 Å². The molecule has 3 atom stereocenters. The summed E-state index contributed by atoms with van der Waals surface area (Å²) in [5.74, 6) is 1.84. The zero-order valence-corrected chi connectivity index (χ0v) is 12.0. The maximum Gasteiger partial charge on any atom is 0.0984 e. The van der Waals surface area contributed by atoms with E-state index in [-0.39, 0.29) is 6.10 Å². The molecule has 18 heavy (non-hydrogen) atoms. The van der Waals surface area contributed by atoms with Crippen molar-refractivity contribution in [3.63, 3.8) is 0 Å². The molecule has 0 spiro atoms. The van der Waals surface area contributed by atoms with Crippen LogP contribution in [0.5, 0.6) is 0 Å². The molecule has 0 amide bonds. The summed E-state index contributed by atoms with van der Waals surface area (Å²) in [6.07, 6.45) is 6.86. The third kappa shape index (κ3) is 2.77. The molecule has 1 heterocycles. The van der Waals surface area contributed by atoms with Gasteiger partial charge in [-0.3, -0.25) is 0 Å². The topological polar surface area (TPSA) is 38.1 Å². The second kappa shape index (κ2) is 5.43. The summed E-state index contributed by atoms with van der Waals surface area (Å²) in [7, 11) is 0. The summed E-state index contributed by atoms with van der Waals surface area (Å²) in [6.45, 7) is 8.86. The molecule has 1 aromatic heterocycles. The van der Waals surface area contributed by atoms with Gasteiger partial charge < -0.3 is 9.67 Å². The fraction of sp³-hybridized carbons (Fsp3) is 0.800. The Labute approximate surface area is 110 Å². The van der Waals surface area contributed by atoms with Crippen molar-refractivity contribution >= 4 is 0 Å². The van der Waals surface area contributed by atoms with Gasteiger partial charge in [0, 0.05) is 6.04 Å². The summed E-state index contributed by atoms with van der Waals surface area (Å²) >= 11 is 0. The summed E-state index contributed by atoms with van der Waals surface area (Å²) < 4.78 is 2.09. The van der Waals surface area contributed by atoms with Gasteiger partial charge in [0.1, 0.15) is 0 Å². The average Bonchev–Trinajstić information content (AvgIpc) is 2.75. The zero-order chi connectivity index (χ0) is 13.3. The standard InChI is InChI=1S/C15H26N2O/c1-10(2)17-9-16-8-14(17)15(18)13-6-11(3)5-12(4)7-13/h8-13,15,18H,5-7H2,1-4H3. The van der Waals surface area contributed by atoms with Crippen LogP contribution in [0.3, 0.4) is 0 Å². The molecule has 1 saturated carbocycles. The lowest BCUT2D eigenvalue weighted by Crippen LogP contribution is -2.26. The van der Waals surface area contributed by atoms with Crippen LogP contribution in [0.15, 0.2) is 12.5 Å². The number of aliphatic hydroxyl groups is 1. The van der Waals surface area contributed by atoms with E-state index in [2.05, 4.69) is 37.2 Å². The molecule has 1 aliphatic rings. The normalized spacial score (nSPS) is 30.7. The average molecular weight is 250 g/mol. The van der Waals surface area contributed by atoms with Crippen molar-refractivity contribution in [3.8, 4) is 0 Å². The van der Waals surface area contributed by atoms with Crippen molar-refractivity contribution in [1.82, 2.24) is 9.55 Å². The first-order valence-corrected chi connectivity index (χ1v) is 7.18. The zero-order valence-electron chi connectivity index (χ0n) is 12.0. The highest BCUT2D eigenvalue weighted by Crippen LogP contribution is 2.39. The van der Waals surface area contributed by atoms with Crippen molar-refractivity contribution in [1.29, 1.82) is 0 Å². The van der Waals surface area contributed by atoms with Crippen molar-refractivity contribution < 1.29 is 5.11 Å². The van der Waals surface area contributed by atoms with Gasteiger partial charge in [-0.1, -0.05) is 13.8 Å². The minimum Gasteiger partial charge on any atom is -0.387 e. The first kappa shape index (κ1) is 13.6. The maximum absolute atomic E-state index is 10.6. The fourth-order valence-corrected chi connectivity index (χ4v) is 3.48. The van der Waals surface area contributed by atoms with Crippen molar-refractivity contribution in [2.75, 3.05) is 0 Å². The number of aliphatic hydroxyl groups excluding tert-OH is 1. The molecule has 0 aliphatic heterocycles. The largest absolute Gasteiger partial charge is 0.387 e. The van der Waals surface area contributed by atoms with E-state index in [4.69, 9.17) is 0 Å². The van der Waals surface area contributed by atoms with E-state index in [9.17, 15) is 5.11 Å². The summed E-state index contributed by atoms with van der Waals surface area (Å²) in [6, 6.07) is 0.357. The highest BCUT2D eigenvalue weighted by atomic mass is 16.3. The molecule has 102 valence electrons. The quantitative estimate of drug-likeness (QED) is 0.890. The number of nitrogens with zero attached hydrogens (tertiary/aromatic N) is 2. The molecule has 1 N–H and O–H groups in total. The second-order valence-electron chi connectivity index (χ2n) is 6.44. The first-order chi connectivity index (χ1) is 8.49. The molecule has 0 aromatic carbocycles. The molecular weight excluding hydrogens is 224 g/mol. The second-order valence-corrected chi connectivity index (χ2v) is 6.44. The summed E-state index contributed by atoms with van der Waals surface area (Å²) in [5.41, 5.74) is 0.983. The van der Waals surface area contributed by atoms with Crippen molar-refractivity contribution in [2.24, 2.45) is 17.8 Å². The molecule has 3 nitrogen and oxygen atoms in total. The molecular formula is C15H26N2O. The number of hydrogen-bond donors (Lipinski definition) is 1. The van der Waals surface area contributed by atoms with E-state index in [1.165, 1.54) is 6.42 Å². The van der Waals surface area contributed by atoms with Crippen LogP contribution in [-0.4, -0.2) is 14.7 Å². The van der Waals surface area contributed by atoms with Crippen molar-refractivity contribution in [3.05, 3.63) is 18.2 Å². The Bertz CT molecular complexity index is 376. The molecule has 0 radical (unpaired) electrons. The lowest BCUT2D eigenvalue weighted by Gasteiger charge is -2.34. The summed E-state index contributed by atoms with van der Waals surface area (Å²) in [5, 5.41) is 10.6. The van der Waals surface area contributed by atoms with E-state index in [1.807, 2.05) is 12.5 Å². The van der Waals surface area contributed by atoms with Crippen LogP contribution in [0.4, 0.5) is 0 Å². The highest BCUT2D eigenvalue weighted by molar-refractivity contribution is 5.06. The number of hydrogen-bond acceptors (Lipinski definition) is 2. The van der Waals surface area contributed by atoms with Gasteiger partial charge in [-0.25, -0.2) is 4.98 Å². The van der Waals surface area contributed by atoms with Crippen LogP contribution >= 0.6 is 0 Å². The Balaban J connectivity index is 2.15. The van der Waals surface area contributed by atoms with Crippen LogP contribution in [0, 0.1) is 17.8 Å². The molecule has 1 fully saturated rings. The van der Waals surface area contributed by atoms with Crippen LogP contribution < -0.4 is 0 Å². The first-order valence-electron chi connectivity index (χ1n) is 7.18. The molecule has 3 unspecified atom stereocenters. The maximum atomic E-state index is 10.6. The van der Waals surface area contributed by atoms with Crippen LogP contribution in [0.1, 0.15) is 64.8 Å². The predicted molar refractivity (Wildman–Crippen MR) is 73.2 cm³/mol. The van der Waals surface area contributed by atoms with E-state index >= 15 is 0 Å². The minimum atomic E-state index is -0.361. The predicted octanol–water partition coefficient (Wildman–Crippen LogP) is 3.57. The Morgan fingerprint density at radius 2 is 1.83 bits per heavy atom. The fourth-order valence-electron chi connectivity index (χ4n) is 3.48. The van der Waals surface area contributed by atoms with Crippen LogP contribution in [0.2, 0.25) is 0 Å². The van der Waals surface area contributed by atoms with Gasteiger partial charge in [0.15, 0.2) is 0 Å². The monoisotopic (exact) mass is 250 g/mol. The smallest absolute Gasteiger partial charge is 0.0984 e. The SMILES string of the molecule is CC1CC(C)CC(C(O)c2cncn2C(C)C)C1. The third-order valence-electron chi connectivity index (χ3n) is 4.22. The van der Waals surface area contributed by atoms with E-state index < -0.39 is 0 Å². The lowest BCUT2D eigenvalue weighted by molar-refractivity contribution is 0.0489. The molecule has 1 aromatic rings. The van der Waals surface area contributed by atoms with Crippen LogP contribution in [0.25, 0.3) is 0 Å². The van der Waals surface area contributed by atoms with Gasteiger partial charge in [-0.2, -0.15) is 0 Å². The van der Waals surface area contributed by atoms with Gasteiger partial charge in [0.2, 0.25) is 0 Å². The van der Waals surface area contributed by atoms with Gasteiger partial charge in [0.05, 0.1) is 24.3 Å². The van der Waals surface area contributed by atoms with Gasteiger partial charge in [0.25, 0.3) is 0 Å². The molecule has 2 rings (SSSR count). The molecule has 3 heteroatoms. The Morgan fingerprint density at radius 3 is 2.39 bits per heavy atom. The third-order valence-corrected chi connectivity index (χ3v) is 4.22. The minimum absolute atomic E-state index is 0.357. The van der Waals surface area contributed by atoms with E-state index in [0.717, 1.165) is 30.4 Å². The highest BCUT2D eigenvalue weighted by Gasteiger charge is 2.31. The van der Waals surface area contributed by atoms with Gasteiger partial charge in [-0.15, -0.1) is 0 Å². The number of rotatable bonds is 3. The Morgan fingerprint density at radius 1 is 1.22 bits per heavy atom. The van der Waals surface area contributed by atoms with E-state index in [0.29, 0.717) is 12.0 Å². The van der Waals surface area contributed by atoms with E-state index in [1.54, 1.807) is 0 Å². The van der Waals surface area contributed by atoms with Gasteiger partial charge in [-0.05, 0) is 50.9 Å². The van der Waals surface area contributed by atoms with Crippen molar-refractivity contribution in [2.45, 2.75) is 59.1 Å². The number of aromatic nitrogens is 2. The molecule has 0 saturated heterocycles. The Kier molecular flexibility index (Phi) is 4.10.